The van der Waals surface area contributed by atoms with Crippen LogP contribution in [0.5, 0.6) is 0 Å². The largest absolute Gasteiger partial charge is 0.437 e. The molecular weight excluding hydrogens is 488 g/mol. The van der Waals surface area contributed by atoms with Gasteiger partial charge in [-0.3, -0.25) is 0 Å². The zero-order valence-electron chi connectivity index (χ0n) is 25.6. The van der Waals surface area contributed by atoms with Gasteiger partial charge in [-0.15, -0.1) is 0 Å². The molecule has 0 radical (unpaired) electrons. The number of furan rings is 1. The average Bonchev–Trinajstić information content (AvgIpc) is 3.36. The first kappa shape index (κ1) is 26.7. The van der Waals surface area contributed by atoms with Crippen LogP contribution in [0, 0.1) is 25.7 Å². The fourth-order valence-electron chi connectivity index (χ4n) is 7.53. The van der Waals surface area contributed by atoms with Crippen molar-refractivity contribution in [2.45, 2.75) is 79.6 Å². The summed E-state index contributed by atoms with van der Waals surface area (Å²) >= 11 is 0. The van der Waals surface area contributed by atoms with Crippen molar-refractivity contribution in [1.29, 1.82) is 0 Å². The van der Waals surface area contributed by atoms with E-state index in [0.29, 0.717) is 17.8 Å². The number of rotatable bonds is 6. The smallest absolute Gasteiger partial charge is 0.227 e. The fraction of sp³-hybridized carbons (Fsp3) is 0.405. The molecule has 0 fully saturated rings. The van der Waals surface area contributed by atoms with E-state index in [4.69, 9.17) is 9.40 Å². The number of aromatic nitrogens is 2. The number of fused-ring (bicyclic) bond motifs is 6. The van der Waals surface area contributed by atoms with Crippen LogP contribution in [-0.4, -0.2) is 4.98 Å². The van der Waals surface area contributed by atoms with Crippen molar-refractivity contribution in [3.05, 3.63) is 82.7 Å². The Hall–Kier alpha value is -3.46. The summed E-state index contributed by atoms with van der Waals surface area (Å²) in [5.74, 6) is 1.59. The predicted octanol–water partition coefficient (Wildman–Crippen LogP) is 9.57. The average molecular weight is 532 g/mol. The lowest BCUT2D eigenvalue weighted by Gasteiger charge is -2.34. The maximum Gasteiger partial charge on any atom is 0.227 e. The molecule has 0 N–H and O–H groups in total. The molecule has 5 aromatic rings. The molecular formula is C37H43N2O+. The Bertz CT molecular complexity index is 1760. The highest BCUT2D eigenvalue weighted by molar-refractivity contribution is 6.10. The molecule has 3 aromatic heterocycles. The molecule has 206 valence electrons. The maximum absolute atomic E-state index is 6.79. The fourth-order valence-corrected chi connectivity index (χ4v) is 7.53. The van der Waals surface area contributed by atoms with Crippen LogP contribution in [0.15, 0.2) is 59.1 Å². The van der Waals surface area contributed by atoms with Crippen LogP contribution < -0.4 is 4.57 Å². The zero-order valence-corrected chi connectivity index (χ0v) is 25.6. The summed E-state index contributed by atoms with van der Waals surface area (Å²) in [6.45, 7) is 18.3. The summed E-state index contributed by atoms with van der Waals surface area (Å²) < 4.78 is 9.06. The Morgan fingerprint density at radius 1 is 0.825 bits per heavy atom. The third-order valence-electron chi connectivity index (χ3n) is 8.94. The lowest BCUT2D eigenvalue weighted by Crippen LogP contribution is -2.32. The van der Waals surface area contributed by atoms with E-state index < -0.39 is 0 Å². The van der Waals surface area contributed by atoms with Crippen molar-refractivity contribution in [3.63, 3.8) is 0 Å². The summed E-state index contributed by atoms with van der Waals surface area (Å²) in [4.78, 5) is 5.44. The zero-order chi connectivity index (χ0) is 28.5. The molecule has 2 aromatic carbocycles. The molecule has 0 bridgehead atoms. The first-order valence-electron chi connectivity index (χ1n) is 15.0. The van der Waals surface area contributed by atoms with Crippen molar-refractivity contribution in [2.75, 3.05) is 0 Å². The van der Waals surface area contributed by atoms with Crippen LogP contribution in [0.25, 0.3) is 44.5 Å². The number of hydrogen-bond donors (Lipinski definition) is 0. The van der Waals surface area contributed by atoms with Gasteiger partial charge in [-0.25, -0.2) is 9.55 Å². The SMILES string of the molecule is Cc1cc(-c2c(C)ccc3c2oc2nc4c(cc23)-c2ccccc2C4(CC(C)C)CC(C)C)[n+](C)cc1C(C)C. The van der Waals surface area contributed by atoms with Gasteiger partial charge in [0.25, 0.3) is 0 Å². The van der Waals surface area contributed by atoms with E-state index in [9.17, 15) is 0 Å². The van der Waals surface area contributed by atoms with E-state index in [1.165, 1.54) is 44.8 Å². The lowest BCUT2D eigenvalue weighted by molar-refractivity contribution is -0.660. The van der Waals surface area contributed by atoms with Crippen molar-refractivity contribution < 1.29 is 8.98 Å². The topological polar surface area (TPSA) is 29.9 Å². The molecule has 3 heterocycles. The quantitative estimate of drug-likeness (QED) is 0.204. The van der Waals surface area contributed by atoms with E-state index >= 15 is 0 Å². The van der Waals surface area contributed by atoms with Crippen molar-refractivity contribution in [1.82, 2.24) is 4.98 Å². The van der Waals surface area contributed by atoms with Gasteiger partial charge in [-0.2, -0.15) is 0 Å². The molecule has 0 amide bonds. The molecule has 0 unspecified atom stereocenters. The first-order valence-corrected chi connectivity index (χ1v) is 15.0. The van der Waals surface area contributed by atoms with E-state index in [0.717, 1.165) is 40.5 Å². The third kappa shape index (κ3) is 4.00. The second kappa shape index (κ2) is 9.58. The molecule has 1 aliphatic rings. The van der Waals surface area contributed by atoms with Gasteiger partial charge in [0.1, 0.15) is 7.05 Å². The third-order valence-corrected chi connectivity index (χ3v) is 8.94. The standard InChI is InChI=1S/C37H43N2O/c1-21(2)18-37(19-22(3)4)31-13-11-10-12-26(31)28-17-29-27-15-14-24(7)33(34(27)40-36(29)38-35(28)37)32-16-25(8)30(23(5)6)20-39(32)9/h10-17,20-23H,18-19H2,1-9H3/q+1. The Morgan fingerprint density at radius 3 is 2.20 bits per heavy atom. The molecule has 0 saturated heterocycles. The van der Waals surface area contributed by atoms with E-state index in [-0.39, 0.29) is 5.41 Å². The lowest BCUT2D eigenvalue weighted by atomic mass is 9.69. The Kier molecular flexibility index (Phi) is 6.40. The number of benzene rings is 2. The minimum atomic E-state index is -0.101. The van der Waals surface area contributed by atoms with Gasteiger partial charge in [0.05, 0.1) is 11.3 Å². The van der Waals surface area contributed by atoms with Crippen molar-refractivity contribution in [2.24, 2.45) is 18.9 Å². The highest BCUT2D eigenvalue weighted by atomic mass is 16.3. The predicted molar refractivity (Wildman–Crippen MR) is 167 cm³/mol. The highest BCUT2D eigenvalue weighted by Gasteiger charge is 2.45. The number of pyridine rings is 2. The van der Waals surface area contributed by atoms with Gasteiger partial charge in [-0.05, 0) is 72.8 Å². The minimum absolute atomic E-state index is 0.101. The number of aryl methyl sites for hydroxylation is 3. The van der Waals surface area contributed by atoms with E-state index in [1.54, 1.807) is 0 Å². The molecule has 6 rings (SSSR count). The van der Waals surface area contributed by atoms with Crippen LogP contribution in [0.2, 0.25) is 0 Å². The van der Waals surface area contributed by atoms with E-state index in [1.807, 2.05) is 0 Å². The van der Waals surface area contributed by atoms with Crippen molar-refractivity contribution in [3.8, 4) is 22.4 Å². The summed E-state index contributed by atoms with van der Waals surface area (Å²) in [5.41, 5.74) is 13.1. The van der Waals surface area contributed by atoms with Crippen LogP contribution in [0.1, 0.15) is 88.2 Å². The summed E-state index contributed by atoms with van der Waals surface area (Å²) in [7, 11) is 2.15. The highest BCUT2D eigenvalue weighted by Crippen LogP contribution is 2.55. The van der Waals surface area contributed by atoms with Crippen LogP contribution in [0.4, 0.5) is 0 Å². The molecule has 0 aliphatic heterocycles. The minimum Gasteiger partial charge on any atom is -0.437 e. The monoisotopic (exact) mass is 531 g/mol. The number of nitrogens with zero attached hydrogens (tertiary/aromatic N) is 2. The summed E-state index contributed by atoms with van der Waals surface area (Å²) in [6.07, 6.45) is 4.44. The molecule has 0 saturated carbocycles. The van der Waals surface area contributed by atoms with E-state index in [2.05, 4.69) is 122 Å². The van der Waals surface area contributed by atoms with Crippen LogP contribution in [-0.2, 0) is 12.5 Å². The summed E-state index contributed by atoms with van der Waals surface area (Å²) in [6, 6.07) is 18.2. The Labute approximate surface area is 239 Å². The van der Waals surface area contributed by atoms with Gasteiger partial charge in [0.15, 0.2) is 11.8 Å². The Balaban J connectivity index is 1.65. The normalized spacial score (nSPS) is 14.2. The molecule has 3 nitrogen and oxygen atoms in total. The maximum atomic E-state index is 6.79. The molecule has 0 atom stereocenters. The Morgan fingerprint density at radius 2 is 1.52 bits per heavy atom. The van der Waals surface area contributed by atoms with Gasteiger partial charge < -0.3 is 4.42 Å². The van der Waals surface area contributed by atoms with Crippen LogP contribution in [0.3, 0.4) is 0 Å². The van der Waals surface area contributed by atoms with Gasteiger partial charge in [0.2, 0.25) is 11.4 Å². The second-order valence-corrected chi connectivity index (χ2v) is 13.4. The molecule has 3 heteroatoms. The molecule has 40 heavy (non-hydrogen) atoms. The van der Waals surface area contributed by atoms with Gasteiger partial charge in [-0.1, -0.05) is 77.9 Å². The van der Waals surface area contributed by atoms with Gasteiger partial charge >= 0.3 is 0 Å². The molecule has 1 aliphatic carbocycles. The van der Waals surface area contributed by atoms with Gasteiger partial charge in [0, 0.05) is 33.4 Å². The summed E-state index contributed by atoms with van der Waals surface area (Å²) in [5, 5.41) is 2.24. The first-order chi connectivity index (χ1) is 19.0. The van der Waals surface area contributed by atoms with Crippen LogP contribution >= 0.6 is 0 Å². The second-order valence-electron chi connectivity index (χ2n) is 13.4. The van der Waals surface area contributed by atoms with Crippen molar-refractivity contribution >= 4 is 22.1 Å². The molecule has 0 spiro atoms. The number of hydrogen-bond acceptors (Lipinski definition) is 2.